The van der Waals surface area contributed by atoms with E-state index in [1.807, 2.05) is 12.1 Å². The molecule has 0 unspecified atom stereocenters. The zero-order chi connectivity index (χ0) is 33.4. The topological polar surface area (TPSA) is 87.1 Å². The lowest BCUT2D eigenvalue weighted by molar-refractivity contribution is -0.191. The molecule has 1 saturated heterocycles. The SMILES string of the molecule is C[C@H](C[C@@H](O)[C@H]1O[C@]1(C)C1CCCC1)C1=C2CC[C@@H]3[C@]4(C)C[C@]5(c6cccc(O)c6)CCC[C@@]2(CC1=O)[C@]3(C)CC[C@H]4C(C)(C)C5=O. The second kappa shape index (κ2) is 10.3. The number of fused-ring (bicyclic) bond motifs is 1. The van der Waals surface area contributed by atoms with E-state index in [4.69, 9.17) is 4.74 Å². The summed E-state index contributed by atoms with van der Waals surface area (Å²) in [6.07, 6.45) is 12.9. The Hall–Kier alpha value is -1.98. The van der Waals surface area contributed by atoms with Gasteiger partial charge >= 0.3 is 0 Å². The minimum absolute atomic E-state index is 0.00184. The van der Waals surface area contributed by atoms with Crippen LogP contribution < -0.4 is 0 Å². The van der Waals surface area contributed by atoms with Crippen molar-refractivity contribution in [2.24, 2.45) is 45.3 Å². The zero-order valence-electron chi connectivity index (χ0n) is 29.8. The first-order valence-electron chi connectivity index (χ1n) is 19.1. The van der Waals surface area contributed by atoms with E-state index < -0.39 is 16.9 Å². The van der Waals surface area contributed by atoms with Gasteiger partial charge in [0.05, 0.1) is 17.1 Å². The number of hydrogen-bond acceptors (Lipinski definition) is 5. The van der Waals surface area contributed by atoms with Gasteiger partial charge in [-0.3, -0.25) is 9.59 Å². The molecule has 47 heavy (non-hydrogen) atoms. The number of carbonyl (C=O) groups is 2. The maximum Gasteiger partial charge on any atom is 0.160 e. The summed E-state index contributed by atoms with van der Waals surface area (Å²) in [5.41, 5.74) is 1.84. The van der Waals surface area contributed by atoms with Crippen molar-refractivity contribution in [3.8, 4) is 5.75 Å². The number of epoxide rings is 1. The van der Waals surface area contributed by atoms with Crippen LogP contribution in [0.1, 0.15) is 137 Å². The molecular formula is C42H58O5. The van der Waals surface area contributed by atoms with Crippen molar-refractivity contribution in [2.75, 3.05) is 0 Å². The molecule has 2 N–H and O–H groups in total. The molecule has 8 rings (SSSR count). The molecule has 5 saturated carbocycles. The summed E-state index contributed by atoms with van der Waals surface area (Å²) in [4.78, 5) is 29.3. The van der Waals surface area contributed by atoms with Gasteiger partial charge in [0.25, 0.3) is 0 Å². The molecule has 6 fully saturated rings. The molecule has 5 nitrogen and oxygen atoms in total. The molecule has 0 aromatic heterocycles. The number of ether oxygens (including phenoxy) is 1. The van der Waals surface area contributed by atoms with Crippen molar-refractivity contribution in [2.45, 2.75) is 155 Å². The van der Waals surface area contributed by atoms with Gasteiger partial charge in [-0.1, -0.05) is 71.6 Å². The standard InChI is InChI=1S/C42H58O5/c1-25(21-30(44)35-40(6,47-35)26-11-7-8-12-26)34-29-15-16-33-38(4)24-41(27-13-9-14-28(43)22-27)18-10-19-42(29,23-31(34)45)39(33,5)20-17-32(38)37(2,3)36(41)46/h9,13-14,22,25-26,30,32-33,35,43-44H,7-8,10-12,15-21,23-24H2,1-6H3/t25-,30-,32+,33-,35-,38-,39-,40-,41+,42+/m1/s1. The first kappa shape index (κ1) is 32.2. The van der Waals surface area contributed by atoms with Crippen LogP contribution in [0.3, 0.4) is 0 Å². The van der Waals surface area contributed by atoms with Crippen molar-refractivity contribution < 1.29 is 24.5 Å². The molecule has 1 heterocycles. The second-order valence-corrected chi connectivity index (χ2v) is 18.8. The smallest absolute Gasteiger partial charge is 0.160 e. The molecule has 7 aliphatic rings. The summed E-state index contributed by atoms with van der Waals surface area (Å²) < 4.78 is 6.25. The van der Waals surface area contributed by atoms with Crippen molar-refractivity contribution in [1.82, 2.24) is 0 Å². The van der Waals surface area contributed by atoms with Crippen LogP contribution in [0.5, 0.6) is 5.75 Å². The number of aliphatic hydroxyl groups excluding tert-OH is 1. The molecule has 10 atom stereocenters. The Morgan fingerprint density at radius 2 is 1.68 bits per heavy atom. The average Bonchev–Trinajstić information content (AvgIpc) is 3.31. The number of rotatable bonds is 6. The Morgan fingerprint density at radius 1 is 0.936 bits per heavy atom. The van der Waals surface area contributed by atoms with Gasteiger partial charge in [-0.2, -0.15) is 0 Å². The van der Waals surface area contributed by atoms with E-state index in [0.717, 1.165) is 62.5 Å². The van der Waals surface area contributed by atoms with Crippen LogP contribution in [0.2, 0.25) is 0 Å². The predicted octanol–water partition coefficient (Wildman–Crippen LogP) is 8.64. The molecule has 1 spiro atoms. The van der Waals surface area contributed by atoms with Crippen LogP contribution in [0.15, 0.2) is 35.4 Å². The largest absolute Gasteiger partial charge is 0.508 e. The third kappa shape index (κ3) is 4.14. The van der Waals surface area contributed by atoms with Crippen LogP contribution in [0, 0.1) is 45.3 Å². The molecule has 256 valence electrons. The number of ketones is 2. The molecule has 5 heteroatoms. The summed E-state index contributed by atoms with van der Waals surface area (Å²) >= 11 is 0. The predicted molar refractivity (Wildman–Crippen MR) is 183 cm³/mol. The maximum absolute atomic E-state index is 14.9. The molecule has 6 aliphatic carbocycles. The van der Waals surface area contributed by atoms with E-state index >= 15 is 0 Å². The number of aromatic hydroxyl groups is 1. The molecule has 1 aromatic carbocycles. The highest BCUT2D eigenvalue weighted by molar-refractivity contribution is 6.01. The number of phenolic OH excluding ortho intramolecular Hbond substituents is 1. The molecule has 0 amide bonds. The van der Waals surface area contributed by atoms with E-state index in [1.54, 1.807) is 6.07 Å². The normalized spacial score (nSPS) is 45.3. The van der Waals surface area contributed by atoms with E-state index in [-0.39, 0.29) is 39.6 Å². The first-order chi connectivity index (χ1) is 22.1. The highest BCUT2D eigenvalue weighted by Gasteiger charge is 2.73. The van der Waals surface area contributed by atoms with Gasteiger partial charge in [-0.05, 0) is 129 Å². The van der Waals surface area contributed by atoms with Crippen molar-refractivity contribution in [3.05, 3.63) is 41.0 Å². The van der Waals surface area contributed by atoms with Crippen LogP contribution in [-0.2, 0) is 19.7 Å². The number of aliphatic hydroxyl groups is 1. The molecule has 5 bridgehead atoms. The molecular weight excluding hydrogens is 584 g/mol. The van der Waals surface area contributed by atoms with Crippen LogP contribution in [-0.4, -0.2) is 39.6 Å². The van der Waals surface area contributed by atoms with E-state index in [1.165, 1.54) is 31.3 Å². The molecule has 0 radical (unpaired) electrons. The first-order valence-corrected chi connectivity index (χ1v) is 19.1. The lowest BCUT2D eigenvalue weighted by Crippen LogP contribution is -2.66. The maximum atomic E-state index is 14.9. The summed E-state index contributed by atoms with van der Waals surface area (Å²) in [6, 6.07) is 7.56. The Morgan fingerprint density at radius 3 is 2.40 bits per heavy atom. The lowest BCUT2D eigenvalue weighted by Gasteiger charge is -2.69. The number of phenols is 1. The van der Waals surface area contributed by atoms with Crippen LogP contribution >= 0.6 is 0 Å². The van der Waals surface area contributed by atoms with Crippen LogP contribution in [0.4, 0.5) is 0 Å². The van der Waals surface area contributed by atoms with Gasteiger partial charge in [0.1, 0.15) is 17.6 Å². The number of hydrogen-bond donors (Lipinski definition) is 2. The Bertz CT molecular complexity index is 1530. The third-order valence-electron chi connectivity index (χ3n) is 16.4. The Kier molecular flexibility index (Phi) is 7.05. The highest BCUT2D eigenvalue weighted by atomic mass is 16.6. The average molecular weight is 643 g/mol. The van der Waals surface area contributed by atoms with E-state index in [9.17, 15) is 19.8 Å². The van der Waals surface area contributed by atoms with Gasteiger partial charge in [0.15, 0.2) is 5.78 Å². The highest BCUT2D eigenvalue weighted by Crippen LogP contribution is 2.77. The van der Waals surface area contributed by atoms with E-state index in [0.29, 0.717) is 42.2 Å². The lowest BCUT2D eigenvalue weighted by atomic mass is 9.34. The van der Waals surface area contributed by atoms with Gasteiger partial charge in [0.2, 0.25) is 0 Å². The van der Waals surface area contributed by atoms with Crippen molar-refractivity contribution >= 4 is 11.6 Å². The van der Waals surface area contributed by atoms with Crippen LogP contribution in [0.25, 0.3) is 0 Å². The quantitative estimate of drug-likeness (QED) is 0.304. The summed E-state index contributed by atoms with van der Waals surface area (Å²) in [5.74, 6) is 2.15. The monoisotopic (exact) mass is 642 g/mol. The molecule has 1 aromatic rings. The van der Waals surface area contributed by atoms with Crippen molar-refractivity contribution in [3.63, 3.8) is 0 Å². The number of Topliss-reactive ketones (excluding diaryl/α,β-unsaturated/α-hetero) is 2. The number of carbonyl (C=O) groups excluding carboxylic acids is 2. The molecule has 1 aliphatic heterocycles. The van der Waals surface area contributed by atoms with Crippen molar-refractivity contribution in [1.29, 1.82) is 0 Å². The summed E-state index contributed by atoms with van der Waals surface area (Å²) in [6.45, 7) is 13.8. The third-order valence-corrected chi connectivity index (χ3v) is 16.4. The fourth-order valence-electron chi connectivity index (χ4n) is 14.5. The van der Waals surface area contributed by atoms with E-state index in [2.05, 4.69) is 47.6 Å². The number of allylic oxidation sites excluding steroid dienone is 2. The Labute approximate surface area is 282 Å². The zero-order valence-corrected chi connectivity index (χ0v) is 29.8. The number of benzene rings is 1. The fraction of sp³-hybridized carbons (Fsp3) is 0.762. The van der Waals surface area contributed by atoms with Gasteiger partial charge in [-0.15, -0.1) is 0 Å². The summed E-state index contributed by atoms with van der Waals surface area (Å²) in [7, 11) is 0. The van der Waals surface area contributed by atoms with Gasteiger partial charge < -0.3 is 14.9 Å². The minimum Gasteiger partial charge on any atom is -0.508 e. The fourth-order valence-corrected chi connectivity index (χ4v) is 14.5. The Balaban J connectivity index is 1.18. The minimum atomic E-state index is -0.636. The summed E-state index contributed by atoms with van der Waals surface area (Å²) in [5, 5.41) is 22.1. The second-order valence-electron chi connectivity index (χ2n) is 18.8. The van der Waals surface area contributed by atoms with Gasteiger partial charge in [-0.25, -0.2) is 0 Å². The van der Waals surface area contributed by atoms with Gasteiger partial charge in [0, 0.05) is 17.3 Å².